The molecule has 0 aliphatic heterocycles. The minimum atomic E-state index is -0.0904. The lowest BCUT2D eigenvalue weighted by Crippen LogP contribution is -2.05. The van der Waals surface area contributed by atoms with E-state index in [0.29, 0.717) is 16.8 Å². The van der Waals surface area contributed by atoms with Gasteiger partial charge >= 0.3 is 0 Å². The highest BCUT2D eigenvalue weighted by atomic mass is 16.1. The number of pyridine rings is 1. The van der Waals surface area contributed by atoms with Gasteiger partial charge in [-0.15, -0.1) is 0 Å². The highest BCUT2D eigenvalue weighted by molar-refractivity contribution is 6.18. The SMILES string of the molecule is Nc1cnccc1C(=O)c1c[nH]c2ccccc12. The molecule has 18 heavy (non-hydrogen) atoms. The van der Waals surface area contributed by atoms with Crippen LogP contribution in [-0.4, -0.2) is 15.8 Å². The van der Waals surface area contributed by atoms with Gasteiger partial charge in [-0.1, -0.05) is 18.2 Å². The van der Waals surface area contributed by atoms with E-state index in [-0.39, 0.29) is 5.78 Å². The summed E-state index contributed by atoms with van der Waals surface area (Å²) in [7, 11) is 0. The molecule has 4 nitrogen and oxygen atoms in total. The molecular formula is C14H11N3O. The van der Waals surface area contributed by atoms with Crippen molar-refractivity contribution in [3.8, 4) is 0 Å². The Morgan fingerprint density at radius 2 is 2.00 bits per heavy atom. The maximum Gasteiger partial charge on any atom is 0.197 e. The zero-order chi connectivity index (χ0) is 12.5. The number of H-pyrrole nitrogens is 1. The number of carbonyl (C=O) groups excluding carboxylic acids is 1. The lowest BCUT2D eigenvalue weighted by Gasteiger charge is -2.02. The summed E-state index contributed by atoms with van der Waals surface area (Å²) in [6, 6.07) is 9.31. The average Bonchev–Trinajstić information content (AvgIpc) is 2.82. The Bertz CT molecular complexity index is 730. The second-order valence-electron chi connectivity index (χ2n) is 4.04. The Balaban J connectivity index is 2.16. The molecule has 0 amide bonds. The second kappa shape index (κ2) is 4.00. The van der Waals surface area contributed by atoms with Crippen LogP contribution in [0.25, 0.3) is 10.9 Å². The van der Waals surface area contributed by atoms with Gasteiger partial charge in [-0.05, 0) is 12.1 Å². The summed E-state index contributed by atoms with van der Waals surface area (Å²) < 4.78 is 0. The first-order chi connectivity index (χ1) is 8.77. The molecule has 4 heteroatoms. The van der Waals surface area contributed by atoms with Crippen molar-refractivity contribution in [3.63, 3.8) is 0 Å². The van der Waals surface area contributed by atoms with Gasteiger partial charge in [0.1, 0.15) is 0 Å². The number of benzene rings is 1. The van der Waals surface area contributed by atoms with Crippen LogP contribution in [-0.2, 0) is 0 Å². The minimum Gasteiger partial charge on any atom is -0.397 e. The molecule has 0 unspecified atom stereocenters. The Labute approximate surface area is 103 Å². The summed E-state index contributed by atoms with van der Waals surface area (Å²) in [4.78, 5) is 19.4. The number of nitrogen functional groups attached to an aromatic ring is 1. The third-order valence-electron chi connectivity index (χ3n) is 2.93. The third-order valence-corrected chi connectivity index (χ3v) is 2.93. The van der Waals surface area contributed by atoms with Gasteiger partial charge < -0.3 is 10.7 Å². The van der Waals surface area contributed by atoms with Crippen LogP contribution in [0.4, 0.5) is 5.69 Å². The van der Waals surface area contributed by atoms with Crippen molar-refractivity contribution in [2.45, 2.75) is 0 Å². The molecule has 1 aromatic carbocycles. The molecule has 0 radical (unpaired) electrons. The number of hydrogen-bond acceptors (Lipinski definition) is 3. The van der Waals surface area contributed by atoms with Gasteiger partial charge in [0.2, 0.25) is 0 Å². The molecular weight excluding hydrogens is 226 g/mol. The first-order valence-corrected chi connectivity index (χ1v) is 5.57. The van der Waals surface area contributed by atoms with Gasteiger partial charge in [0.15, 0.2) is 5.78 Å². The number of carbonyl (C=O) groups is 1. The molecule has 3 N–H and O–H groups in total. The monoisotopic (exact) mass is 237 g/mol. The Morgan fingerprint density at radius 1 is 1.17 bits per heavy atom. The first kappa shape index (κ1) is 10.5. The smallest absolute Gasteiger partial charge is 0.197 e. The molecule has 88 valence electrons. The number of anilines is 1. The Hall–Kier alpha value is -2.62. The number of hydrogen-bond donors (Lipinski definition) is 2. The zero-order valence-corrected chi connectivity index (χ0v) is 9.55. The number of fused-ring (bicyclic) bond motifs is 1. The number of rotatable bonds is 2. The normalized spacial score (nSPS) is 10.7. The number of aromatic amines is 1. The lowest BCUT2D eigenvalue weighted by molar-refractivity contribution is 0.104. The van der Waals surface area contributed by atoms with E-state index in [0.717, 1.165) is 10.9 Å². The summed E-state index contributed by atoms with van der Waals surface area (Å²) in [5, 5.41) is 0.902. The molecule has 0 bridgehead atoms. The standard InChI is InChI=1S/C14H11N3O/c15-12-8-16-6-5-10(12)14(18)11-7-17-13-4-2-1-3-9(11)13/h1-8,17H,15H2. The number of aromatic nitrogens is 2. The largest absolute Gasteiger partial charge is 0.397 e. The van der Waals surface area contributed by atoms with E-state index in [4.69, 9.17) is 5.73 Å². The summed E-state index contributed by atoms with van der Waals surface area (Å²) in [5.74, 6) is -0.0904. The number of ketones is 1. The molecule has 0 aliphatic carbocycles. The van der Waals surface area contributed by atoms with Crippen molar-refractivity contribution >= 4 is 22.4 Å². The molecule has 0 saturated heterocycles. The fourth-order valence-electron chi connectivity index (χ4n) is 2.02. The molecule has 0 aliphatic rings. The lowest BCUT2D eigenvalue weighted by atomic mass is 10.0. The van der Waals surface area contributed by atoms with Gasteiger partial charge in [0.05, 0.1) is 11.9 Å². The van der Waals surface area contributed by atoms with Crippen molar-refractivity contribution in [2.75, 3.05) is 5.73 Å². The third kappa shape index (κ3) is 1.55. The van der Waals surface area contributed by atoms with Gasteiger partial charge in [0, 0.05) is 34.4 Å². The predicted molar refractivity (Wildman–Crippen MR) is 70.4 cm³/mol. The van der Waals surface area contributed by atoms with Gasteiger partial charge in [0.25, 0.3) is 0 Å². The van der Waals surface area contributed by atoms with Crippen LogP contribution in [0.3, 0.4) is 0 Å². The van der Waals surface area contributed by atoms with Crippen molar-refractivity contribution in [1.29, 1.82) is 0 Å². The Kier molecular flexibility index (Phi) is 2.34. The van der Waals surface area contributed by atoms with Crippen LogP contribution in [0.1, 0.15) is 15.9 Å². The summed E-state index contributed by atoms with van der Waals surface area (Å²) in [6.45, 7) is 0. The molecule has 0 spiro atoms. The molecule has 2 heterocycles. The molecule has 3 rings (SSSR count). The predicted octanol–water partition coefficient (Wildman–Crippen LogP) is 2.38. The minimum absolute atomic E-state index is 0.0904. The van der Waals surface area contributed by atoms with Gasteiger partial charge in [-0.25, -0.2) is 0 Å². The zero-order valence-electron chi connectivity index (χ0n) is 9.55. The molecule has 3 aromatic rings. The van der Waals surface area contributed by atoms with Crippen molar-refractivity contribution in [1.82, 2.24) is 9.97 Å². The van der Waals surface area contributed by atoms with Crippen molar-refractivity contribution in [2.24, 2.45) is 0 Å². The fraction of sp³-hybridized carbons (Fsp3) is 0. The van der Waals surface area contributed by atoms with E-state index in [9.17, 15) is 4.79 Å². The van der Waals surface area contributed by atoms with Crippen LogP contribution >= 0.6 is 0 Å². The van der Waals surface area contributed by atoms with E-state index in [1.807, 2.05) is 24.3 Å². The highest BCUT2D eigenvalue weighted by Crippen LogP contribution is 2.22. The Morgan fingerprint density at radius 3 is 2.83 bits per heavy atom. The molecule has 0 fully saturated rings. The van der Waals surface area contributed by atoms with E-state index < -0.39 is 0 Å². The fourth-order valence-corrected chi connectivity index (χ4v) is 2.02. The summed E-state index contributed by atoms with van der Waals surface area (Å²) in [6.07, 6.45) is 4.77. The van der Waals surface area contributed by atoms with E-state index in [1.165, 1.54) is 6.20 Å². The van der Waals surface area contributed by atoms with Crippen molar-refractivity contribution in [3.05, 3.63) is 60.0 Å². The van der Waals surface area contributed by atoms with Crippen LogP contribution in [0.5, 0.6) is 0 Å². The van der Waals surface area contributed by atoms with Crippen LogP contribution < -0.4 is 5.73 Å². The maximum absolute atomic E-state index is 12.4. The number of para-hydroxylation sites is 1. The van der Waals surface area contributed by atoms with Crippen LogP contribution in [0, 0.1) is 0 Å². The van der Waals surface area contributed by atoms with E-state index in [1.54, 1.807) is 18.5 Å². The molecule has 0 saturated carbocycles. The summed E-state index contributed by atoms with van der Waals surface area (Å²) in [5.41, 5.74) is 8.22. The van der Waals surface area contributed by atoms with Crippen LogP contribution in [0.2, 0.25) is 0 Å². The quantitative estimate of drug-likeness (QED) is 0.672. The molecule has 2 aromatic heterocycles. The van der Waals surface area contributed by atoms with Gasteiger partial charge in [-0.2, -0.15) is 0 Å². The number of nitrogens with two attached hydrogens (primary N) is 1. The number of nitrogens with zero attached hydrogens (tertiary/aromatic N) is 1. The maximum atomic E-state index is 12.4. The topological polar surface area (TPSA) is 71.8 Å². The highest BCUT2D eigenvalue weighted by Gasteiger charge is 2.15. The average molecular weight is 237 g/mol. The second-order valence-corrected chi connectivity index (χ2v) is 4.04. The van der Waals surface area contributed by atoms with E-state index in [2.05, 4.69) is 9.97 Å². The van der Waals surface area contributed by atoms with Crippen LogP contribution in [0.15, 0.2) is 48.9 Å². The van der Waals surface area contributed by atoms with E-state index >= 15 is 0 Å². The number of nitrogens with one attached hydrogen (secondary N) is 1. The van der Waals surface area contributed by atoms with Crippen molar-refractivity contribution < 1.29 is 4.79 Å². The first-order valence-electron chi connectivity index (χ1n) is 5.57. The van der Waals surface area contributed by atoms with Gasteiger partial charge in [-0.3, -0.25) is 9.78 Å². The molecule has 0 atom stereocenters. The summed E-state index contributed by atoms with van der Waals surface area (Å²) >= 11 is 0.